The van der Waals surface area contributed by atoms with Crippen LogP contribution in [0.1, 0.15) is 47.0 Å². The van der Waals surface area contributed by atoms with E-state index in [0.717, 1.165) is 27.3 Å². The van der Waals surface area contributed by atoms with E-state index >= 15 is 0 Å². The molecule has 1 radical (unpaired) electrons. The fourth-order valence-electron chi connectivity index (χ4n) is 5.46. The second-order valence-electron chi connectivity index (χ2n) is 9.99. The van der Waals surface area contributed by atoms with Gasteiger partial charge in [-0.15, -0.1) is 12.5 Å². The Morgan fingerprint density at radius 1 is 0.788 bits per heavy atom. The first kappa shape index (κ1) is 28.2. The first-order valence-electron chi connectivity index (χ1n) is 12.2. The molecule has 1 unspecified atom stereocenters. The second-order valence-corrected chi connectivity index (χ2v) is 11.1. The molecule has 0 amide bonds. The van der Waals surface area contributed by atoms with Gasteiger partial charge in [-0.25, -0.2) is 5.57 Å². The smallest absolute Gasteiger partial charge is 0.672 e. The Bertz CT molecular complexity index is 864. The van der Waals surface area contributed by atoms with E-state index in [1.807, 2.05) is 12.1 Å². The van der Waals surface area contributed by atoms with Gasteiger partial charge in [0, 0.05) is 9.52 Å². The van der Waals surface area contributed by atoms with Crippen molar-refractivity contribution in [3.63, 3.8) is 0 Å². The Morgan fingerprint density at radius 2 is 1.15 bits per heavy atom. The van der Waals surface area contributed by atoms with Crippen molar-refractivity contribution in [2.45, 2.75) is 65.6 Å². The molecule has 4 bridgehead atoms. The predicted molar refractivity (Wildman–Crippen MR) is 142 cm³/mol. The van der Waals surface area contributed by atoms with Crippen molar-refractivity contribution in [3.8, 4) is 11.1 Å². The van der Waals surface area contributed by atoms with E-state index in [0.29, 0.717) is 5.92 Å². The van der Waals surface area contributed by atoms with Crippen LogP contribution in [0, 0.1) is 29.7 Å². The molecule has 4 saturated carbocycles. The average molecular weight is 534 g/mol. The zero-order valence-corrected chi connectivity index (χ0v) is 24.9. The number of benzene rings is 2. The summed E-state index contributed by atoms with van der Waals surface area (Å²) in [7, 11) is 0.750. The summed E-state index contributed by atoms with van der Waals surface area (Å²) in [6.07, 6.45) is 7.12. The third-order valence-corrected chi connectivity index (χ3v) is 7.51. The maximum Gasteiger partial charge on any atom is 2.00 e. The third kappa shape index (κ3) is 7.23. The number of nitrogens with one attached hydrogen (secondary N) is 1. The van der Waals surface area contributed by atoms with Crippen LogP contribution in [0.2, 0.25) is 13.1 Å². The van der Waals surface area contributed by atoms with Gasteiger partial charge in [-0.05, 0) is 28.9 Å². The summed E-state index contributed by atoms with van der Waals surface area (Å²) in [5, 5.41) is 0. The molecule has 0 spiro atoms. The van der Waals surface area contributed by atoms with E-state index in [1.54, 1.807) is 0 Å². The van der Waals surface area contributed by atoms with Crippen molar-refractivity contribution in [2.24, 2.45) is 23.7 Å². The number of rotatable bonds is 1. The molecule has 0 saturated heterocycles. The van der Waals surface area contributed by atoms with Crippen molar-refractivity contribution in [2.75, 3.05) is 0 Å². The Balaban J connectivity index is 0.000000166. The van der Waals surface area contributed by atoms with E-state index in [1.165, 1.54) is 47.1 Å². The fraction of sp³-hybridized carbons (Fsp3) is 0.467. The molecular weight excluding hydrogens is 494 g/mol. The summed E-state index contributed by atoms with van der Waals surface area (Å²) in [5.74, 6) is 3.66. The van der Waals surface area contributed by atoms with Crippen LogP contribution in [-0.4, -0.2) is 15.1 Å². The quantitative estimate of drug-likeness (QED) is 0.259. The Hall–Kier alpha value is -1.02. The zero-order chi connectivity index (χ0) is 23.3. The molecule has 5 aliphatic rings. The number of allylic oxidation sites excluding steroid dienone is 4. The Labute approximate surface area is 224 Å². The Morgan fingerprint density at radius 3 is 1.33 bits per heavy atom. The molecular formula is C30H40NSiZr. The monoisotopic (exact) mass is 532 g/mol. The SMILES string of the molecule is CC1=[C-]C(C)C(C)=C1C.C[SiH]C.[NH-]C12CC3C(C1)C3C2.[Zr+2].c1ccc(-c2ccccc2)cc1. The largest absolute Gasteiger partial charge is 2.00 e. The van der Waals surface area contributed by atoms with Gasteiger partial charge in [-0.3, -0.25) is 6.08 Å². The van der Waals surface area contributed by atoms with Crippen LogP contribution < -0.4 is 0 Å². The summed E-state index contributed by atoms with van der Waals surface area (Å²) >= 11 is 0. The molecule has 0 heterocycles. The van der Waals surface area contributed by atoms with E-state index in [9.17, 15) is 0 Å². The molecule has 4 fully saturated rings. The van der Waals surface area contributed by atoms with Gasteiger partial charge < -0.3 is 5.73 Å². The standard InChI is InChI=1S/C12H10.C9H13.C7H10N.C2H7Si.Zr/c1-3-7-11(8-4-1)12-9-5-2-6-10-12;1-6-5-7(2)9(4)8(6)3;8-7-1-4-5(2-7)6(4)3-7;1-3-2;/h1-10H;6H,1-4H3;4-6,8H,1-3H2;3H,1-2H3;/q;2*-1;;+2. The van der Waals surface area contributed by atoms with Crippen molar-refractivity contribution >= 4 is 9.52 Å². The molecule has 0 aliphatic heterocycles. The van der Waals surface area contributed by atoms with E-state index in [-0.39, 0.29) is 31.7 Å². The summed E-state index contributed by atoms with van der Waals surface area (Å²) in [4.78, 5) is 0. The second kappa shape index (κ2) is 12.6. The van der Waals surface area contributed by atoms with Gasteiger partial charge in [0.1, 0.15) is 0 Å². The molecule has 1 nitrogen and oxygen atoms in total. The summed E-state index contributed by atoms with van der Waals surface area (Å²) in [6, 6.07) is 20.8. The molecule has 1 atom stereocenters. The van der Waals surface area contributed by atoms with Crippen LogP contribution in [-0.2, 0) is 26.2 Å². The summed E-state index contributed by atoms with van der Waals surface area (Å²) < 4.78 is 0. The van der Waals surface area contributed by atoms with Crippen LogP contribution in [0.3, 0.4) is 0 Å². The van der Waals surface area contributed by atoms with Gasteiger partial charge in [-0.1, -0.05) is 120 Å². The van der Waals surface area contributed by atoms with Crippen LogP contribution in [0.4, 0.5) is 0 Å². The number of hydrogen-bond donors (Lipinski definition) is 0. The zero-order valence-electron chi connectivity index (χ0n) is 21.3. The minimum absolute atomic E-state index is 0. The first-order valence-corrected chi connectivity index (χ1v) is 14.5. The molecule has 2 aromatic rings. The van der Waals surface area contributed by atoms with E-state index < -0.39 is 0 Å². The van der Waals surface area contributed by atoms with Crippen LogP contribution in [0.5, 0.6) is 0 Å². The van der Waals surface area contributed by atoms with Crippen molar-refractivity contribution in [1.82, 2.24) is 0 Å². The maximum absolute atomic E-state index is 7.79. The molecule has 5 aliphatic carbocycles. The van der Waals surface area contributed by atoms with Crippen LogP contribution >= 0.6 is 0 Å². The van der Waals surface area contributed by atoms with Crippen molar-refractivity contribution < 1.29 is 26.2 Å². The first-order chi connectivity index (χ1) is 15.3. The van der Waals surface area contributed by atoms with Gasteiger partial charge in [0.15, 0.2) is 0 Å². The van der Waals surface area contributed by atoms with Gasteiger partial charge in [0.05, 0.1) is 0 Å². The summed E-state index contributed by atoms with van der Waals surface area (Å²) in [5.41, 5.74) is 14.7. The minimum atomic E-state index is 0. The molecule has 0 aromatic heterocycles. The summed E-state index contributed by atoms with van der Waals surface area (Å²) in [6.45, 7) is 13.1. The normalized spacial score (nSPS) is 29.4. The van der Waals surface area contributed by atoms with E-state index in [2.05, 4.69) is 95.4 Å². The van der Waals surface area contributed by atoms with Gasteiger partial charge in [0.25, 0.3) is 0 Å². The molecule has 173 valence electrons. The maximum atomic E-state index is 7.79. The molecule has 3 heteroatoms. The van der Waals surface area contributed by atoms with Crippen LogP contribution in [0.25, 0.3) is 16.9 Å². The minimum Gasteiger partial charge on any atom is -0.672 e. The molecule has 7 rings (SSSR count). The van der Waals surface area contributed by atoms with Crippen molar-refractivity contribution in [1.29, 1.82) is 0 Å². The predicted octanol–water partition coefficient (Wildman–Crippen LogP) is 8.43. The van der Waals surface area contributed by atoms with Crippen LogP contribution in [0.15, 0.2) is 77.4 Å². The number of hydrogen-bond acceptors (Lipinski definition) is 0. The van der Waals surface area contributed by atoms with Gasteiger partial charge in [-0.2, -0.15) is 11.1 Å². The van der Waals surface area contributed by atoms with E-state index in [4.69, 9.17) is 5.73 Å². The molecule has 2 aromatic carbocycles. The average Bonchev–Trinajstić information content (AvgIpc) is 3.17. The fourth-order valence-corrected chi connectivity index (χ4v) is 5.46. The topological polar surface area (TPSA) is 23.8 Å². The molecule has 33 heavy (non-hydrogen) atoms. The van der Waals surface area contributed by atoms with Gasteiger partial charge in [0.2, 0.25) is 0 Å². The molecule has 1 N–H and O–H groups in total. The Kier molecular flexibility index (Phi) is 10.8. The van der Waals surface area contributed by atoms with Crippen molar-refractivity contribution in [3.05, 3.63) is 89.2 Å². The van der Waals surface area contributed by atoms with Gasteiger partial charge >= 0.3 is 26.2 Å². The third-order valence-electron chi connectivity index (χ3n) is 7.51.